The Balaban J connectivity index is 1.47. The highest BCUT2D eigenvalue weighted by molar-refractivity contribution is 6.03. The lowest BCUT2D eigenvalue weighted by molar-refractivity contribution is -0.121. The minimum atomic E-state index is -0.597. The van der Waals surface area contributed by atoms with Gasteiger partial charge in [0.05, 0.1) is 29.1 Å². The number of nitrogens with two attached hydrogens (primary N) is 1. The maximum absolute atomic E-state index is 13.3. The zero-order valence-corrected chi connectivity index (χ0v) is 19.6. The quantitative estimate of drug-likeness (QED) is 0.302. The maximum atomic E-state index is 13.3. The van der Waals surface area contributed by atoms with Crippen molar-refractivity contribution in [3.8, 4) is 6.07 Å². The smallest absolute Gasteiger partial charge is 0.248 e. The summed E-state index contributed by atoms with van der Waals surface area (Å²) in [7, 11) is 0. The first-order valence-corrected chi connectivity index (χ1v) is 11.6. The Morgan fingerprint density at radius 3 is 2.42 bits per heavy atom. The van der Waals surface area contributed by atoms with E-state index in [-0.39, 0.29) is 11.8 Å². The molecule has 3 aromatic carbocycles. The number of para-hydroxylation sites is 2. The van der Waals surface area contributed by atoms with Gasteiger partial charge in [0.15, 0.2) is 0 Å². The molecular weight excluding hydrogens is 454 g/mol. The number of hydrogen-bond acceptors (Lipinski definition) is 6. The van der Waals surface area contributed by atoms with Gasteiger partial charge in [0.2, 0.25) is 11.8 Å². The highest BCUT2D eigenvalue weighted by Crippen LogP contribution is 2.28. The molecule has 0 aliphatic carbocycles. The second kappa shape index (κ2) is 11.3. The number of aliphatic hydroxyl groups is 1. The van der Waals surface area contributed by atoms with Crippen LogP contribution in [0.4, 0.5) is 17.1 Å². The summed E-state index contributed by atoms with van der Waals surface area (Å²) in [5, 5.41) is 24.7. The second-order valence-electron chi connectivity index (χ2n) is 8.59. The maximum Gasteiger partial charge on any atom is 0.248 e. The third-order valence-electron chi connectivity index (χ3n) is 5.99. The zero-order chi connectivity index (χ0) is 25.5. The van der Waals surface area contributed by atoms with Crippen LogP contribution in [-0.4, -0.2) is 41.0 Å². The monoisotopic (exact) mass is 481 g/mol. The summed E-state index contributed by atoms with van der Waals surface area (Å²) in [6.07, 6.45) is 3.23. The van der Waals surface area contributed by atoms with Crippen LogP contribution in [0.2, 0.25) is 0 Å². The number of anilines is 3. The van der Waals surface area contributed by atoms with Crippen LogP contribution in [0.5, 0.6) is 0 Å². The van der Waals surface area contributed by atoms with Crippen molar-refractivity contribution in [2.24, 2.45) is 0 Å². The molecule has 1 fully saturated rings. The first-order valence-electron chi connectivity index (χ1n) is 11.6. The Bertz CT molecular complexity index is 1300. The van der Waals surface area contributed by atoms with Crippen molar-refractivity contribution >= 4 is 35.0 Å². The molecule has 1 unspecified atom stereocenters. The molecule has 0 aromatic heterocycles. The highest BCUT2D eigenvalue weighted by atomic mass is 16.3. The van der Waals surface area contributed by atoms with Crippen LogP contribution in [0.1, 0.15) is 29.2 Å². The number of nitrogens with zero attached hydrogens (tertiary/aromatic N) is 2. The predicted octanol–water partition coefficient (Wildman–Crippen LogP) is 3.54. The van der Waals surface area contributed by atoms with E-state index in [1.54, 1.807) is 54.6 Å². The average Bonchev–Trinajstić information content (AvgIpc) is 3.31. The molecule has 1 heterocycles. The lowest BCUT2D eigenvalue weighted by Crippen LogP contribution is -2.36. The predicted molar refractivity (Wildman–Crippen MR) is 140 cm³/mol. The molecular formula is C28H27N5O3. The summed E-state index contributed by atoms with van der Waals surface area (Å²) in [5.74, 6) is -0.528. The Kier molecular flexibility index (Phi) is 7.75. The topological polar surface area (TPSA) is 131 Å². The van der Waals surface area contributed by atoms with E-state index in [1.165, 1.54) is 6.08 Å². The normalized spacial score (nSPS) is 16.4. The van der Waals surface area contributed by atoms with E-state index in [2.05, 4.69) is 16.7 Å². The van der Waals surface area contributed by atoms with E-state index in [9.17, 15) is 14.7 Å². The summed E-state index contributed by atoms with van der Waals surface area (Å²) in [6, 6.07) is 22.5. The molecule has 1 aliphatic rings. The minimum Gasteiger partial charge on any atom is -0.397 e. The average molecular weight is 482 g/mol. The van der Waals surface area contributed by atoms with Crippen molar-refractivity contribution in [1.29, 1.82) is 5.26 Å². The number of nitriles is 1. The number of aliphatic hydroxyl groups excluding tert-OH is 1. The molecule has 4 rings (SSSR count). The number of benzene rings is 3. The number of hydrogen-bond donors (Lipinski definition) is 4. The van der Waals surface area contributed by atoms with Crippen LogP contribution >= 0.6 is 0 Å². The fourth-order valence-corrected chi connectivity index (χ4v) is 4.12. The van der Waals surface area contributed by atoms with E-state index in [4.69, 9.17) is 11.0 Å². The molecule has 0 spiro atoms. The van der Waals surface area contributed by atoms with E-state index in [1.807, 2.05) is 29.2 Å². The van der Waals surface area contributed by atoms with Crippen molar-refractivity contribution in [3.05, 3.63) is 95.6 Å². The molecule has 36 heavy (non-hydrogen) atoms. The van der Waals surface area contributed by atoms with Gasteiger partial charge in [0, 0.05) is 24.9 Å². The number of amides is 2. The van der Waals surface area contributed by atoms with E-state index < -0.39 is 12.1 Å². The van der Waals surface area contributed by atoms with Gasteiger partial charge in [-0.05, 0) is 60.0 Å². The molecule has 8 heteroatoms. The molecule has 0 radical (unpaired) electrons. The zero-order valence-electron chi connectivity index (χ0n) is 19.6. The van der Waals surface area contributed by atoms with Gasteiger partial charge in [-0.1, -0.05) is 36.4 Å². The standard InChI is InChI=1S/C28H27N5O3/c29-17-20-7-12-22(13-8-20)31-28(36)27(33-16-15-23(34)18-33)21-10-5-19(6-11-21)9-14-26(35)32-25-4-2-1-3-24(25)30/h1-14,23,27,34H,15-16,18,30H2,(H,31,36)(H,32,35)/t23-,27?/m0/s1. The molecule has 0 saturated carbocycles. The van der Waals surface area contributed by atoms with Crippen LogP contribution < -0.4 is 16.4 Å². The van der Waals surface area contributed by atoms with Gasteiger partial charge >= 0.3 is 0 Å². The summed E-state index contributed by atoms with van der Waals surface area (Å²) in [5.41, 5.74) is 9.57. The number of nitrogens with one attached hydrogen (secondary N) is 2. The third-order valence-corrected chi connectivity index (χ3v) is 5.99. The third kappa shape index (κ3) is 6.16. The van der Waals surface area contributed by atoms with Gasteiger partial charge in [-0.2, -0.15) is 5.26 Å². The second-order valence-corrected chi connectivity index (χ2v) is 8.59. The number of rotatable bonds is 7. The molecule has 2 atom stereocenters. The highest BCUT2D eigenvalue weighted by Gasteiger charge is 2.33. The lowest BCUT2D eigenvalue weighted by Gasteiger charge is -2.27. The van der Waals surface area contributed by atoms with E-state index >= 15 is 0 Å². The van der Waals surface area contributed by atoms with Crippen molar-refractivity contribution in [1.82, 2.24) is 4.90 Å². The Hall–Kier alpha value is -4.45. The molecule has 5 N–H and O–H groups in total. The lowest BCUT2D eigenvalue weighted by atomic mass is 10.0. The van der Waals surface area contributed by atoms with Crippen LogP contribution in [0.25, 0.3) is 6.08 Å². The van der Waals surface area contributed by atoms with Crippen molar-refractivity contribution < 1.29 is 14.7 Å². The van der Waals surface area contributed by atoms with Crippen LogP contribution in [0.15, 0.2) is 78.9 Å². The van der Waals surface area contributed by atoms with E-state index in [0.29, 0.717) is 42.1 Å². The number of β-amino-alcohol motifs (C(OH)–C–C–N with tert-alkyl or cyclic N) is 1. The number of carbonyl (C=O) groups is 2. The minimum absolute atomic E-state index is 0.225. The Morgan fingerprint density at radius 2 is 1.78 bits per heavy atom. The fraction of sp³-hybridized carbons (Fsp3) is 0.179. The number of carbonyl (C=O) groups excluding carboxylic acids is 2. The summed E-state index contributed by atoms with van der Waals surface area (Å²) in [6.45, 7) is 0.993. The first-order chi connectivity index (χ1) is 17.4. The molecule has 1 aliphatic heterocycles. The van der Waals surface area contributed by atoms with Gasteiger partial charge in [-0.25, -0.2) is 0 Å². The van der Waals surface area contributed by atoms with Crippen LogP contribution in [-0.2, 0) is 9.59 Å². The van der Waals surface area contributed by atoms with Crippen molar-refractivity contribution in [2.45, 2.75) is 18.6 Å². The van der Waals surface area contributed by atoms with Gasteiger partial charge in [-0.15, -0.1) is 0 Å². The number of nitrogen functional groups attached to an aromatic ring is 1. The van der Waals surface area contributed by atoms with E-state index in [0.717, 1.165) is 11.1 Å². The Morgan fingerprint density at radius 1 is 1.06 bits per heavy atom. The van der Waals surface area contributed by atoms with Gasteiger partial charge in [0.25, 0.3) is 0 Å². The van der Waals surface area contributed by atoms with Crippen molar-refractivity contribution in [2.75, 3.05) is 29.5 Å². The summed E-state index contributed by atoms with van der Waals surface area (Å²) < 4.78 is 0. The molecule has 0 bridgehead atoms. The van der Waals surface area contributed by atoms with Crippen LogP contribution in [0.3, 0.4) is 0 Å². The Labute approximate surface area is 209 Å². The summed E-state index contributed by atoms with van der Waals surface area (Å²) in [4.78, 5) is 27.5. The van der Waals surface area contributed by atoms with Gasteiger partial charge in [0.1, 0.15) is 6.04 Å². The number of likely N-dealkylation sites (tertiary alicyclic amines) is 1. The molecule has 8 nitrogen and oxygen atoms in total. The largest absolute Gasteiger partial charge is 0.397 e. The molecule has 3 aromatic rings. The summed E-state index contributed by atoms with van der Waals surface area (Å²) >= 11 is 0. The van der Waals surface area contributed by atoms with Crippen molar-refractivity contribution in [3.63, 3.8) is 0 Å². The van der Waals surface area contributed by atoms with Gasteiger partial charge < -0.3 is 21.5 Å². The van der Waals surface area contributed by atoms with Gasteiger partial charge in [-0.3, -0.25) is 14.5 Å². The molecule has 182 valence electrons. The molecule has 1 saturated heterocycles. The molecule has 2 amide bonds. The first kappa shape index (κ1) is 24.7. The SMILES string of the molecule is N#Cc1ccc(NC(=O)C(c2ccc(C=CC(=O)Nc3ccccc3N)cc2)N2CC[C@H](O)C2)cc1. The van der Waals surface area contributed by atoms with Crippen LogP contribution in [0, 0.1) is 11.3 Å². The fourth-order valence-electron chi connectivity index (χ4n) is 4.12.